The Bertz CT molecular complexity index is 514. The van der Waals surface area contributed by atoms with Gasteiger partial charge in [-0.2, -0.15) is 5.10 Å². The number of hydrogen-bond acceptors (Lipinski definition) is 3. The van der Waals surface area contributed by atoms with Crippen LogP contribution in [0.25, 0.3) is 10.9 Å². The maximum atomic E-state index is 9.42. The van der Waals surface area contributed by atoms with E-state index in [9.17, 15) is 5.11 Å². The van der Waals surface area contributed by atoms with Gasteiger partial charge in [0.1, 0.15) is 5.75 Å². The standard InChI is InChI=1S/C13H17N3O/c17-12-1-2-13-11(7-12)8-15-16(13)9-10-3-5-14-6-4-10/h1-2,7-8,10,14,17H,3-6,9H2. The van der Waals surface area contributed by atoms with Crippen LogP contribution in [0.15, 0.2) is 24.4 Å². The molecule has 0 unspecified atom stereocenters. The Kier molecular flexibility index (Phi) is 2.73. The molecule has 2 aromatic rings. The minimum absolute atomic E-state index is 0.305. The van der Waals surface area contributed by atoms with Gasteiger partial charge in [-0.1, -0.05) is 0 Å². The predicted molar refractivity (Wildman–Crippen MR) is 67.0 cm³/mol. The molecule has 1 fully saturated rings. The summed E-state index contributed by atoms with van der Waals surface area (Å²) in [5.74, 6) is 1.02. The van der Waals surface area contributed by atoms with Crippen LogP contribution >= 0.6 is 0 Å². The van der Waals surface area contributed by atoms with E-state index in [1.165, 1.54) is 12.8 Å². The van der Waals surface area contributed by atoms with Gasteiger partial charge in [-0.05, 0) is 50.0 Å². The molecule has 1 aromatic carbocycles. The van der Waals surface area contributed by atoms with Gasteiger partial charge in [0.2, 0.25) is 0 Å². The average molecular weight is 231 g/mol. The van der Waals surface area contributed by atoms with Crippen LogP contribution in [0.1, 0.15) is 12.8 Å². The van der Waals surface area contributed by atoms with Crippen LogP contribution in [0.2, 0.25) is 0 Å². The highest BCUT2D eigenvalue weighted by molar-refractivity contribution is 5.80. The van der Waals surface area contributed by atoms with E-state index in [4.69, 9.17) is 0 Å². The summed E-state index contributed by atoms with van der Waals surface area (Å²) in [5.41, 5.74) is 1.11. The van der Waals surface area contributed by atoms with Gasteiger partial charge in [-0.15, -0.1) is 0 Å². The van der Waals surface area contributed by atoms with E-state index in [2.05, 4.69) is 15.1 Å². The van der Waals surface area contributed by atoms with Crippen LogP contribution in [-0.2, 0) is 6.54 Å². The van der Waals surface area contributed by atoms with E-state index < -0.39 is 0 Å². The summed E-state index contributed by atoms with van der Waals surface area (Å²) < 4.78 is 2.06. The lowest BCUT2D eigenvalue weighted by Crippen LogP contribution is -2.30. The number of fused-ring (bicyclic) bond motifs is 1. The van der Waals surface area contributed by atoms with Crippen molar-refractivity contribution in [1.29, 1.82) is 0 Å². The molecule has 90 valence electrons. The van der Waals surface area contributed by atoms with E-state index in [-0.39, 0.29) is 0 Å². The Morgan fingerprint density at radius 2 is 2.18 bits per heavy atom. The summed E-state index contributed by atoms with van der Waals surface area (Å²) in [6.45, 7) is 3.21. The second kappa shape index (κ2) is 4.37. The zero-order valence-corrected chi connectivity index (χ0v) is 9.76. The molecule has 4 nitrogen and oxygen atoms in total. The van der Waals surface area contributed by atoms with Crippen LogP contribution in [0.3, 0.4) is 0 Å². The molecule has 1 saturated heterocycles. The Labute approximate surface area is 100 Å². The van der Waals surface area contributed by atoms with E-state index in [1.807, 2.05) is 12.3 Å². The van der Waals surface area contributed by atoms with Crippen molar-refractivity contribution in [3.63, 3.8) is 0 Å². The number of phenols is 1. The minimum atomic E-state index is 0.305. The highest BCUT2D eigenvalue weighted by Crippen LogP contribution is 2.22. The van der Waals surface area contributed by atoms with Gasteiger partial charge in [0, 0.05) is 11.9 Å². The maximum absolute atomic E-state index is 9.42. The third kappa shape index (κ3) is 2.13. The van der Waals surface area contributed by atoms with Gasteiger partial charge in [0.25, 0.3) is 0 Å². The Balaban J connectivity index is 1.84. The van der Waals surface area contributed by atoms with Gasteiger partial charge < -0.3 is 10.4 Å². The third-order valence-corrected chi connectivity index (χ3v) is 3.52. The van der Waals surface area contributed by atoms with Crippen molar-refractivity contribution < 1.29 is 5.11 Å². The number of hydrogen-bond donors (Lipinski definition) is 2. The number of aromatic nitrogens is 2. The minimum Gasteiger partial charge on any atom is -0.508 e. The Morgan fingerprint density at radius 1 is 1.35 bits per heavy atom. The van der Waals surface area contributed by atoms with Crippen molar-refractivity contribution in [2.24, 2.45) is 5.92 Å². The van der Waals surface area contributed by atoms with E-state index >= 15 is 0 Å². The van der Waals surface area contributed by atoms with Gasteiger partial charge >= 0.3 is 0 Å². The van der Waals surface area contributed by atoms with Crippen LogP contribution in [0, 0.1) is 5.92 Å². The van der Waals surface area contributed by atoms with Crippen LogP contribution < -0.4 is 5.32 Å². The quantitative estimate of drug-likeness (QED) is 0.827. The SMILES string of the molecule is Oc1ccc2c(cnn2CC2CCNCC2)c1. The molecular formula is C13H17N3O. The van der Waals surface area contributed by atoms with Crippen molar-refractivity contribution in [3.05, 3.63) is 24.4 Å². The summed E-state index contributed by atoms with van der Waals surface area (Å²) in [6, 6.07) is 5.43. The number of aromatic hydroxyl groups is 1. The number of nitrogens with one attached hydrogen (secondary N) is 1. The molecule has 1 aliphatic rings. The molecule has 0 atom stereocenters. The zero-order chi connectivity index (χ0) is 11.7. The molecular weight excluding hydrogens is 214 g/mol. The summed E-state index contributed by atoms with van der Waals surface area (Å²) in [4.78, 5) is 0. The first-order valence-electron chi connectivity index (χ1n) is 6.18. The van der Waals surface area contributed by atoms with Crippen LogP contribution in [0.5, 0.6) is 5.75 Å². The fraction of sp³-hybridized carbons (Fsp3) is 0.462. The summed E-state index contributed by atoms with van der Waals surface area (Å²) in [5, 5.41) is 18.2. The number of piperidine rings is 1. The second-order valence-corrected chi connectivity index (χ2v) is 4.76. The topological polar surface area (TPSA) is 50.1 Å². The van der Waals surface area contributed by atoms with Gasteiger partial charge in [0.05, 0.1) is 11.7 Å². The highest BCUT2D eigenvalue weighted by Gasteiger charge is 2.15. The van der Waals surface area contributed by atoms with Crippen molar-refractivity contribution in [2.45, 2.75) is 19.4 Å². The summed E-state index contributed by atoms with van der Waals surface area (Å²) in [7, 11) is 0. The summed E-state index contributed by atoms with van der Waals surface area (Å²) in [6.07, 6.45) is 4.27. The van der Waals surface area contributed by atoms with Crippen molar-refractivity contribution >= 4 is 10.9 Å². The molecule has 0 spiro atoms. The van der Waals surface area contributed by atoms with Crippen LogP contribution in [0.4, 0.5) is 0 Å². The molecule has 0 amide bonds. The van der Waals surface area contributed by atoms with Gasteiger partial charge in [-0.3, -0.25) is 4.68 Å². The van der Waals surface area contributed by atoms with Crippen molar-refractivity contribution in [2.75, 3.05) is 13.1 Å². The molecule has 1 aromatic heterocycles. The second-order valence-electron chi connectivity index (χ2n) is 4.76. The normalized spacial score (nSPS) is 17.6. The lowest BCUT2D eigenvalue weighted by molar-refractivity contribution is 0.325. The first kappa shape index (κ1) is 10.6. The number of phenolic OH excluding ortho intramolecular Hbond substituents is 1. The predicted octanol–water partition coefficient (Wildman–Crippen LogP) is 1.74. The average Bonchev–Trinajstić information content (AvgIpc) is 2.73. The molecule has 0 bridgehead atoms. The lowest BCUT2D eigenvalue weighted by atomic mass is 9.98. The molecule has 4 heteroatoms. The molecule has 17 heavy (non-hydrogen) atoms. The fourth-order valence-electron chi connectivity index (χ4n) is 2.53. The molecule has 1 aliphatic heterocycles. The van der Waals surface area contributed by atoms with Crippen molar-refractivity contribution in [3.8, 4) is 5.75 Å². The summed E-state index contributed by atoms with van der Waals surface area (Å²) >= 11 is 0. The number of benzene rings is 1. The molecule has 3 rings (SSSR count). The Hall–Kier alpha value is -1.55. The maximum Gasteiger partial charge on any atom is 0.116 e. The highest BCUT2D eigenvalue weighted by atomic mass is 16.3. The largest absolute Gasteiger partial charge is 0.508 e. The number of nitrogens with zero attached hydrogens (tertiary/aromatic N) is 2. The first-order valence-corrected chi connectivity index (χ1v) is 6.18. The molecule has 2 heterocycles. The molecule has 2 N–H and O–H groups in total. The number of rotatable bonds is 2. The monoisotopic (exact) mass is 231 g/mol. The molecule has 0 saturated carbocycles. The van der Waals surface area contributed by atoms with Crippen molar-refractivity contribution in [1.82, 2.24) is 15.1 Å². The van der Waals surface area contributed by atoms with Gasteiger partial charge in [0.15, 0.2) is 0 Å². The van der Waals surface area contributed by atoms with E-state index in [0.717, 1.165) is 30.5 Å². The molecule has 0 aliphatic carbocycles. The Morgan fingerprint density at radius 3 is 3.00 bits per heavy atom. The van der Waals surface area contributed by atoms with Crippen LogP contribution in [-0.4, -0.2) is 28.0 Å². The fourth-order valence-corrected chi connectivity index (χ4v) is 2.53. The lowest BCUT2D eigenvalue weighted by Gasteiger charge is -2.22. The van der Waals surface area contributed by atoms with Gasteiger partial charge in [-0.25, -0.2) is 0 Å². The smallest absolute Gasteiger partial charge is 0.116 e. The van der Waals surface area contributed by atoms with E-state index in [1.54, 1.807) is 12.1 Å². The first-order chi connectivity index (χ1) is 8.33. The molecule has 0 radical (unpaired) electrons. The third-order valence-electron chi connectivity index (χ3n) is 3.52. The van der Waals surface area contributed by atoms with E-state index in [0.29, 0.717) is 11.7 Å². The zero-order valence-electron chi connectivity index (χ0n) is 9.76.